The lowest BCUT2D eigenvalue weighted by atomic mass is 10.1. The van der Waals surface area contributed by atoms with Gasteiger partial charge in [-0.05, 0) is 56.0 Å². The molecule has 0 aromatic heterocycles. The summed E-state index contributed by atoms with van der Waals surface area (Å²) in [6.07, 6.45) is 2.20. The highest BCUT2D eigenvalue weighted by molar-refractivity contribution is 9.10. The Balaban J connectivity index is 1.56. The quantitative estimate of drug-likeness (QED) is 0.415. The van der Waals surface area contributed by atoms with E-state index >= 15 is 0 Å². The van der Waals surface area contributed by atoms with Crippen molar-refractivity contribution in [1.82, 2.24) is 5.32 Å². The molecule has 0 heterocycles. The van der Waals surface area contributed by atoms with Crippen LogP contribution in [0.2, 0.25) is 0 Å². The van der Waals surface area contributed by atoms with Gasteiger partial charge in [-0.3, -0.25) is 0 Å². The number of nitrogens with one attached hydrogen (secondary N) is 1. The van der Waals surface area contributed by atoms with Crippen LogP contribution >= 0.6 is 15.9 Å². The van der Waals surface area contributed by atoms with E-state index in [2.05, 4.69) is 95.8 Å². The second-order valence-electron chi connectivity index (χ2n) is 7.34. The number of ether oxygens (including phenoxy) is 1. The summed E-state index contributed by atoms with van der Waals surface area (Å²) in [5, 5.41) is 3.64. The summed E-state index contributed by atoms with van der Waals surface area (Å²) in [4.78, 5) is 0. The first-order chi connectivity index (χ1) is 13.6. The number of hydrogen-bond donors (Lipinski definition) is 1. The van der Waals surface area contributed by atoms with E-state index in [0.717, 1.165) is 29.6 Å². The van der Waals surface area contributed by atoms with Gasteiger partial charge < -0.3 is 10.1 Å². The molecule has 3 aromatic rings. The average Bonchev–Trinajstić information content (AvgIpc) is 2.71. The molecule has 2 nitrogen and oxygen atoms in total. The summed E-state index contributed by atoms with van der Waals surface area (Å²) in [7, 11) is 0. The predicted octanol–water partition coefficient (Wildman–Crippen LogP) is 6.45. The van der Waals surface area contributed by atoms with Crippen molar-refractivity contribution in [3.63, 3.8) is 0 Å². The Morgan fingerprint density at radius 1 is 0.929 bits per heavy atom. The first kappa shape index (κ1) is 20.6. The fraction of sp³-hybridized carbons (Fsp3) is 0.280. The van der Waals surface area contributed by atoms with Crippen LogP contribution in [0.25, 0.3) is 0 Å². The lowest BCUT2D eigenvalue weighted by molar-refractivity contribution is 0.301. The second kappa shape index (κ2) is 10.4. The zero-order valence-electron chi connectivity index (χ0n) is 16.6. The molecule has 1 unspecified atom stereocenters. The van der Waals surface area contributed by atoms with E-state index in [1.54, 1.807) is 0 Å². The van der Waals surface area contributed by atoms with Crippen LogP contribution in [0, 0.1) is 6.92 Å². The summed E-state index contributed by atoms with van der Waals surface area (Å²) in [6.45, 7) is 5.72. The van der Waals surface area contributed by atoms with Crippen LogP contribution < -0.4 is 10.1 Å². The SMILES string of the molecule is Cc1cccc(COc2ccc(Br)cc2CNC(C)CCc2ccccc2)c1. The van der Waals surface area contributed by atoms with E-state index in [-0.39, 0.29) is 0 Å². The van der Waals surface area contributed by atoms with Crippen molar-refractivity contribution in [3.05, 3.63) is 99.5 Å². The van der Waals surface area contributed by atoms with Gasteiger partial charge in [-0.1, -0.05) is 76.1 Å². The molecule has 0 bridgehead atoms. The van der Waals surface area contributed by atoms with Gasteiger partial charge in [0.15, 0.2) is 0 Å². The van der Waals surface area contributed by atoms with Gasteiger partial charge in [0.1, 0.15) is 12.4 Å². The first-order valence-corrected chi connectivity index (χ1v) is 10.6. The van der Waals surface area contributed by atoms with E-state index < -0.39 is 0 Å². The minimum Gasteiger partial charge on any atom is -0.489 e. The Morgan fingerprint density at radius 2 is 1.71 bits per heavy atom. The smallest absolute Gasteiger partial charge is 0.124 e. The molecule has 146 valence electrons. The third-order valence-corrected chi connectivity index (χ3v) is 5.34. The average molecular weight is 438 g/mol. The third kappa shape index (κ3) is 6.50. The monoisotopic (exact) mass is 437 g/mol. The minimum atomic E-state index is 0.434. The number of hydrogen-bond acceptors (Lipinski definition) is 2. The second-order valence-corrected chi connectivity index (χ2v) is 8.25. The number of benzene rings is 3. The van der Waals surface area contributed by atoms with E-state index in [1.165, 1.54) is 22.3 Å². The zero-order valence-corrected chi connectivity index (χ0v) is 18.2. The Labute approximate surface area is 177 Å². The fourth-order valence-corrected chi connectivity index (χ4v) is 3.61. The summed E-state index contributed by atoms with van der Waals surface area (Å²) < 4.78 is 7.21. The highest BCUT2D eigenvalue weighted by Gasteiger charge is 2.08. The Hall–Kier alpha value is -2.10. The Kier molecular flexibility index (Phi) is 7.70. The maximum absolute atomic E-state index is 6.13. The molecule has 0 aliphatic heterocycles. The molecule has 0 saturated heterocycles. The Bertz CT molecular complexity index is 879. The molecule has 3 heteroatoms. The predicted molar refractivity (Wildman–Crippen MR) is 121 cm³/mol. The van der Waals surface area contributed by atoms with Gasteiger partial charge >= 0.3 is 0 Å². The highest BCUT2D eigenvalue weighted by Crippen LogP contribution is 2.24. The summed E-state index contributed by atoms with van der Waals surface area (Å²) in [5.74, 6) is 0.937. The van der Waals surface area contributed by atoms with E-state index in [0.29, 0.717) is 12.6 Å². The lowest BCUT2D eigenvalue weighted by Gasteiger charge is -2.17. The van der Waals surface area contributed by atoms with Crippen molar-refractivity contribution in [2.75, 3.05) is 0 Å². The molecule has 0 aliphatic rings. The van der Waals surface area contributed by atoms with Gasteiger partial charge in [-0.25, -0.2) is 0 Å². The van der Waals surface area contributed by atoms with Gasteiger partial charge in [-0.2, -0.15) is 0 Å². The molecule has 3 rings (SSSR count). The number of rotatable bonds is 9. The maximum Gasteiger partial charge on any atom is 0.124 e. The summed E-state index contributed by atoms with van der Waals surface area (Å²) in [5.41, 5.74) is 5.01. The lowest BCUT2D eigenvalue weighted by Crippen LogP contribution is -2.26. The van der Waals surface area contributed by atoms with Crippen LogP contribution in [0.3, 0.4) is 0 Å². The molecule has 0 fully saturated rings. The summed E-state index contributed by atoms with van der Waals surface area (Å²) in [6, 6.07) is 25.8. The fourth-order valence-electron chi connectivity index (χ4n) is 3.20. The molecule has 1 N–H and O–H groups in total. The van der Waals surface area contributed by atoms with E-state index in [9.17, 15) is 0 Å². The first-order valence-electron chi connectivity index (χ1n) is 9.84. The van der Waals surface area contributed by atoms with Crippen LogP contribution in [0.5, 0.6) is 5.75 Å². The highest BCUT2D eigenvalue weighted by atomic mass is 79.9. The number of aryl methyl sites for hydroxylation is 2. The van der Waals surface area contributed by atoms with Crippen molar-refractivity contribution in [2.24, 2.45) is 0 Å². The largest absolute Gasteiger partial charge is 0.489 e. The zero-order chi connectivity index (χ0) is 19.8. The van der Waals surface area contributed by atoms with Gasteiger partial charge in [-0.15, -0.1) is 0 Å². The third-order valence-electron chi connectivity index (χ3n) is 4.85. The van der Waals surface area contributed by atoms with Crippen LogP contribution in [0.1, 0.15) is 35.6 Å². The molecular formula is C25H28BrNO. The molecule has 1 atom stereocenters. The van der Waals surface area contributed by atoms with Crippen LogP contribution in [-0.4, -0.2) is 6.04 Å². The number of halogens is 1. The van der Waals surface area contributed by atoms with Crippen LogP contribution in [0.15, 0.2) is 77.3 Å². The van der Waals surface area contributed by atoms with Gasteiger partial charge in [0.05, 0.1) is 0 Å². The van der Waals surface area contributed by atoms with Gasteiger partial charge in [0.2, 0.25) is 0 Å². The molecule has 0 spiro atoms. The molecule has 3 aromatic carbocycles. The molecular weight excluding hydrogens is 410 g/mol. The maximum atomic E-state index is 6.13. The standard InChI is InChI=1S/C25H28BrNO/c1-19-7-6-10-22(15-19)18-28-25-14-13-24(26)16-23(25)17-27-20(2)11-12-21-8-4-3-5-9-21/h3-10,13-16,20,27H,11-12,17-18H2,1-2H3. The van der Waals surface area contributed by atoms with E-state index in [1.807, 2.05) is 12.1 Å². The molecule has 0 radical (unpaired) electrons. The van der Waals surface area contributed by atoms with Gasteiger partial charge in [0.25, 0.3) is 0 Å². The van der Waals surface area contributed by atoms with Crippen molar-refractivity contribution in [3.8, 4) is 5.75 Å². The Morgan fingerprint density at radius 3 is 2.50 bits per heavy atom. The molecule has 0 saturated carbocycles. The van der Waals surface area contributed by atoms with Crippen molar-refractivity contribution < 1.29 is 4.74 Å². The van der Waals surface area contributed by atoms with Crippen LogP contribution in [0.4, 0.5) is 0 Å². The molecule has 0 aliphatic carbocycles. The van der Waals surface area contributed by atoms with Crippen molar-refractivity contribution in [2.45, 2.75) is 45.9 Å². The van der Waals surface area contributed by atoms with Crippen molar-refractivity contribution >= 4 is 15.9 Å². The normalized spacial score (nSPS) is 12.0. The van der Waals surface area contributed by atoms with Gasteiger partial charge in [0, 0.05) is 22.6 Å². The molecule has 28 heavy (non-hydrogen) atoms. The minimum absolute atomic E-state index is 0.434. The van der Waals surface area contributed by atoms with Crippen molar-refractivity contribution in [1.29, 1.82) is 0 Å². The summed E-state index contributed by atoms with van der Waals surface area (Å²) >= 11 is 3.59. The van der Waals surface area contributed by atoms with Crippen LogP contribution in [-0.2, 0) is 19.6 Å². The van der Waals surface area contributed by atoms with E-state index in [4.69, 9.17) is 4.74 Å². The topological polar surface area (TPSA) is 21.3 Å². The molecule has 0 amide bonds.